The molecule has 4 rings (SSSR count). The van der Waals surface area contributed by atoms with E-state index in [4.69, 9.17) is 0 Å². The second kappa shape index (κ2) is 9.71. The van der Waals surface area contributed by atoms with E-state index < -0.39 is 22.1 Å². The van der Waals surface area contributed by atoms with Crippen molar-refractivity contribution in [1.29, 1.82) is 0 Å². The zero-order valence-electron chi connectivity index (χ0n) is 20.0. The smallest absolute Gasteiger partial charge is 0.277 e. The predicted molar refractivity (Wildman–Crippen MR) is 130 cm³/mol. The van der Waals surface area contributed by atoms with Crippen LogP contribution < -0.4 is 10.2 Å². The lowest BCUT2D eigenvalue weighted by atomic mass is 10.2. The number of hydrogen-bond donors (Lipinski definition) is 2. The van der Waals surface area contributed by atoms with E-state index in [0.717, 1.165) is 24.2 Å². The van der Waals surface area contributed by atoms with Gasteiger partial charge >= 0.3 is 0 Å². The minimum absolute atomic E-state index is 0.00264. The number of rotatable bonds is 7. The number of nitrogens with one attached hydrogen (secondary N) is 1. The molecule has 1 aliphatic carbocycles. The van der Waals surface area contributed by atoms with Gasteiger partial charge in [0.2, 0.25) is 27.3 Å². The molecule has 0 spiro atoms. The number of carbonyl (C=O) groups excluding carboxylic acids is 2. The third-order valence-corrected chi connectivity index (χ3v) is 7.82. The summed E-state index contributed by atoms with van der Waals surface area (Å²) in [5.41, 5.74) is 1.38. The monoisotopic (exact) mass is 499 g/mol. The Kier molecular flexibility index (Phi) is 6.87. The van der Waals surface area contributed by atoms with Gasteiger partial charge in [0.05, 0.1) is 12.3 Å². The van der Waals surface area contributed by atoms with Crippen LogP contribution >= 0.6 is 0 Å². The molecule has 1 fully saturated rings. The highest BCUT2D eigenvalue weighted by Gasteiger charge is 2.41. The van der Waals surface area contributed by atoms with E-state index in [1.165, 1.54) is 23.6 Å². The quantitative estimate of drug-likeness (QED) is 0.554. The molecule has 1 aromatic carbocycles. The fourth-order valence-electron chi connectivity index (χ4n) is 3.95. The van der Waals surface area contributed by atoms with Gasteiger partial charge in [-0.25, -0.2) is 8.42 Å². The maximum Gasteiger partial charge on any atom is 0.277 e. The summed E-state index contributed by atoms with van der Waals surface area (Å²) in [4.78, 5) is 31.5. The zero-order valence-corrected chi connectivity index (χ0v) is 20.8. The van der Waals surface area contributed by atoms with Gasteiger partial charge in [-0.15, -0.1) is 0 Å². The molecule has 2 N–H and O–H groups in total. The zero-order chi connectivity index (χ0) is 25.3. The van der Waals surface area contributed by atoms with Crippen molar-refractivity contribution in [3.8, 4) is 11.8 Å². The molecule has 1 saturated carbocycles. The van der Waals surface area contributed by atoms with Crippen molar-refractivity contribution in [2.75, 3.05) is 29.6 Å². The van der Waals surface area contributed by atoms with Crippen LogP contribution in [0.25, 0.3) is 0 Å². The predicted octanol–water partition coefficient (Wildman–Crippen LogP) is 1.56. The van der Waals surface area contributed by atoms with E-state index in [9.17, 15) is 23.1 Å². The van der Waals surface area contributed by atoms with Crippen molar-refractivity contribution in [2.24, 2.45) is 13.0 Å². The Balaban J connectivity index is 1.60. The molecule has 10 nitrogen and oxygen atoms in total. The van der Waals surface area contributed by atoms with Gasteiger partial charge in [0.15, 0.2) is 11.5 Å². The molecule has 0 saturated heterocycles. The number of aliphatic hydroxyl groups excluding tert-OH is 1. The third kappa shape index (κ3) is 5.18. The summed E-state index contributed by atoms with van der Waals surface area (Å²) in [5, 5.41) is 13.4. The second-order valence-electron chi connectivity index (χ2n) is 8.92. The maximum atomic E-state index is 12.9. The summed E-state index contributed by atoms with van der Waals surface area (Å²) in [6.45, 7) is 1.93. The largest absolute Gasteiger partial charge is 0.356 e. The lowest BCUT2D eigenvalue weighted by Gasteiger charge is -2.37. The van der Waals surface area contributed by atoms with Gasteiger partial charge in [0, 0.05) is 31.8 Å². The Morgan fingerprint density at radius 2 is 2.03 bits per heavy atom. The molecule has 1 aromatic heterocycles. The molecule has 11 heteroatoms. The highest BCUT2D eigenvalue weighted by Crippen LogP contribution is 2.35. The summed E-state index contributed by atoms with van der Waals surface area (Å²) in [7, 11) is -0.752. The van der Waals surface area contributed by atoms with Crippen LogP contribution in [0, 0.1) is 17.8 Å². The number of anilines is 2. The van der Waals surface area contributed by atoms with Crippen molar-refractivity contribution in [2.45, 2.75) is 44.1 Å². The molecule has 35 heavy (non-hydrogen) atoms. The van der Waals surface area contributed by atoms with Crippen LogP contribution in [0.4, 0.5) is 11.5 Å². The van der Waals surface area contributed by atoms with E-state index in [1.54, 1.807) is 24.3 Å². The Hall–Kier alpha value is -3.36. The summed E-state index contributed by atoms with van der Waals surface area (Å²) in [5.74, 6) is 5.57. The first-order valence-electron chi connectivity index (χ1n) is 11.5. The van der Waals surface area contributed by atoms with E-state index >= 15 is 0 Å². The topological polar surface area (TPSA) is 125 Å². The van der Waals surface area contributed by atoms with E-state index in [1.807, 2.05) is 6.92 Å². The third-order valence-electron chi connectivity index (χ3n) is 5.99. The molecule has 186 valence electrons. The van der Waals surface area contributed by atoms with Gasteiger partial charge in [-0.2, -0.15) is 4.98 Å². The number of hydrogen-bond acceptors (Lipinski definition) is 7. The molecule has 1 aliphatic heterocycles. The Morgan fingerprint density at radius 3 is 2.71 bits per heavy atom. The first-order chi connectivity index (χ1) is 16.6. The van der Waals surface area contributed by atoms with Crippen LogP contribution in [0.5, 0.6) is 0 Å². The highest BCUT2D eigenvalue weighted by atomic mass is 32.2. The fraction of sp³-hybridized carbons (Fsp3) is 0.458. The van der Waals surface area contributed by atoms with Crippen molar-refractivity contribution in [3.63, 3.8) is 0 Å². The first kappa shape index (κ1) is 24.8. The molecule has 2 amide bonds. The summed E-state index contributed by atoms with van der Waals surface area (Å²) >= 11 is 0. The van der Waals surface area contributed by atoms with Crippen molar-refractivity contribution in [3.05, 3.63) is 35.5 Å². The van der Waals surface area contributed by atoms with Crippen molar-refractivity contribution >= 4 is 33.2 Å². The van der Waals surface area contributed by atoms with E-state index in [-0.39, 0.29) is 40.8 Å². The lowest BCUT2D eigenvalue weighted by molar-refractivity contribution is -0.116. The van der Waals surface area contributed by atoms with Gasteiger partial charge in [-0.3, -0.25) is 14.5 Å². The average molecular weight is 500 g/mol. The fourth-order valence-corrected chi connectivity index (χ4v) is 5.79. The highest BCUT2D eigenvalue weighted by molar-refractivity contribution is 7.91. The molecular weight excluding hydrogens is 470 g/mol. The molecule has 0 radical (unpaired) electrons. The molecular formula is C24H29N5O5S. The Labute approximate surface area is 204 Å². The number of imidazole rings is 1. The first-order valence-corrected chi connectivity index (χ1v) is 13.2. The number of sulfone groups is 1. The Morgan fingerprint density at radius 1 is 1.29 bits per heavy atom. The summed E-state index contributed by atoms with van der Waals surface area (Å²) < 4.78 is 27.1. The van der Waals surface area contributed by atoms with E-state index in [2.05, 4.69) is 22.1 Å². The number of amides is 2. The van der Waals surface area contributed by atoms with Gasteiger partial charge in [-0.05, 0) is 43.4 Å². The van der Waals surface area contributed by atoms with Crippen LogP contribution in [0.2, 0.25) is 0 Å². The number of fused-ring (bicyclic) bond motifs is 1. The van der Waals surface area contributed by atoms with Crippen LogP contribution in [0.3, 0.4) is 0 Å². The standard InChI is InChI=1S/C24H29N5O5S/c1-4-7-19(30)25-18-10-5-8-16(14-18)9-6-13-29-21-20(22(31)28(3)24(29)32)27(2)23(26-21)35(33,34)15-17-11-12-17/h5,8,10,14,17,24,32H,4,7,11-13,15H2,1-3H3,(H,25,30). The number of aromatic nitrogens is 2. The number of carbonyl (C=O) groups is 2. The van der Waals surface area contributed by atoms with Gasteiger partial charge in [0.25, 0.3) is 5.91 Å². The summed E-state index contributed by atoms with van der Waals surface area (Å²) in [6.07, 6.45) is 1.57. The normalized spacial score (nSPS) is 17.6. The molecule has 2 aromatic rings. The van der Waals surface area contributed by atoms with Crippen LogP contribution in [-0.4, -0.2) is 65.5 Å². The van der Waals surface area contributed by atoms with Gasteiger partial charge < -0.3 is 19.9 Å². The summed E-state index contributed by atoms with van der Waals surface area (Å²) in [6, 6.07) is 7.09. The van der Waals surface area contributed by atoms with Crippen LogP contribution in [0.15, 0.2) is 29.4 Å². The van der Waals surface area contributed by atoms with Gasteiger partial charge in [-0.1, -0.05) is 24.8 Å². The van der Waals surface area contributed by atoms with Crippen LogP contribution in [0.1, 0.15) is 48.7 Å². The van der Waals surface area contributed by atoms with Crippen molar-refractivity contribution < 1.29 is 23.1 Å². The van der Waals surface area contributed by atoms with E-state index in [0.29, 0.717) is 17.7 Å². The minimum Gasteiger partial charge on any atom is -0.356 e. The maximum absolute atomic E-state index is 12.9. The van der Waals surface area contributed by atoms with Crippen molar-refractivity contribution in [1.82, 2.24) is 14.5 Å². The molecule has 2 heterocycles. The molecule has 0 bridgehead atoms. The minimum atomic E-state index is -3.68. The average Bonchev–Trinajstić information content (AvgIpc) is 3.53. The van der Waals surface area contributed by atoms with Gasteiger partial charge in [0.1, 0.15) is 0 Å². The number of aliphatic hydroxyl groups is 1. The molecule has 1 atom stereocenters. The van der Waals surface area contributed by atoms with Crippen LogP contribution in [-0.2, 0) is 21.7 Å². The molecule has 2 aliphatic rings. The SMILES string of the molecule is CCCC(=O)Nc1cccc(C#CCN2c3nc(S(=O)(=O)CC4CC4)n(C)c3C(=O)N(C)C2O)c1. The Bertz CT molecular complexity index is 1320. The molecule has 1 unspecified atom stereocenters. The number of nitrogens with zero attached hydrogens (tertiary/aromatic N) is 4. The number of benzene rings is 1. The lowest BCUT2D eigenvalue weighted by Crippen LogP contribution is -2.54. The second-order valence-corrected chi connectivity index (χ2v) is 10.8.